The molecule has 6 aromatic heterocycles. The molecule has 6 heterocycles. The number of anilines is 3. The van der Waals surface area contributed by atoms with Crippen molar-refractivity contribution in [2.75, 3.05) is 72.6 Å². The summed E-state index contributed by atoms with van der Waals surface area (Å²) in [4.78, 5) is 26.3. The Morgan fingerprint density at radius 1 is 0.463 bits per heavy atom. The lowest BCUT2D eigenvalue weighted by Crippen LogP contribution is -2.33. The van der Waals surface area contributed by atoms with Crippen LogP contribution < -0.4 is 16.0 Å². The number of nitrogens with one attached hydrogen (secondary N) is 3. The largest absolute Gasteiger partial charge is 0.394 e. The SMILES string of the molecule is [2H]c1c([2H])c([C@@H]2C[C@H]2Nc2nc(SC([2H])([2H])C([2H])([2H])C)nc3c2nnn3[C@@H]2C[C@H](OCC([2H])([2H])O)[C@@H](O)[C@H]2O)c([2H])c(F)c1C.[2H]c1c([2H])c([C@@H]2C[C@H]2Nc2nc(SC([2H])([2H])C([2H])([2H])C)nc3c2nnn3[C@@H]2C[C@H](OCCO)[C@@H](O)[C@H]2O)c([2H])c(F)c1C.[2H]c1c([2H])c([C@@H]2C[C@H]2Nc2nc(SC([2H])([2H])CC)nc3c2nnn3[C@@H]2C[C@H](OC([2H])([2H])C([2H])([2H])O)[C@@H](O)[C@H]2O)c([2H])c(F)c1C. The summed E-state index contributed by atoms with van der Waals surface area (Å²) in [5.41, 5.74) is -6.51. The molecule has 6 fully saturated rings. The number of thioether (sulfide) groups is 3. The van der Waals surface area contributed by atoms with Gasteiger partial charge in [-0.25, -0.2) is 57.1 Å². The number of ether oxygens (including phenoxy) is 3. The predicted molar refractivity (Wildman–Crippen MR) is 398 cm³/mol. The Morgan fingerprint density at radius 3 is 1.13 bits per heavy atom. The van der Waals surface area contributed by atoms with E-state index in [1.807, 2.05) is 0 Å². The number of aromatic nitrogens is 15. The molecule has 12 N–H and O–H groups in total. The average molecular weight is 1580 g/mol. The van der Waals surface area contributed by atoms with E-state index in [4.69, 9.17) is 53.6 Å². The van der Waals surface area contributed by atoms with Crippen LogP contribution in [0.15, 0.2) is 69.9 Å². The number of halogens is 3. The minimum absolute atomic E-state index is 0.00804. The van der Waals surface area contributed by atoms with E-state index >= 15 is 0 Å². The highest BCUT2D eigenvalue weighted by atomic mass is 32.2. The first-order valence-corrected chi connectivity index (χ1v) is 36.6. The third-order valence-electron chi connectivity index (χ3n) is 18.8. The van der Waals surface area contributed by atoms with E-state index in [-0.39, 0.29) is 175 Å². The Kier molecular flexibility index (Phi) is 17.2. The van der Waals surface area contributed by atoms with Crippen LogP contribution in [0, 0.1) is 38.2 Å². The van der Waals surface area contributed by atoms with Gasteiger partial charge in [-0.3, -0.25) is 0 Å². The number of benzene rings is 3. The van der Waals surface area contributed by atoms with Gasteiger partial charge in [0.25, 0.3) is 0 Å². The van der Waals surface area contributed by atoms with Gasteiger partial charge in [0.05, 0.1) is 96.5 Å². The molecular formula is C72H93F3N18O12S3. The number of fused-ring (bicyclic) bond motifs is 3. The highest BCUT2D eigenvalue weighted by molar-refractivity contribution is 7.99. The second-order valence-electron chi connectivity index (χ2n) is 26.0. The van der Waals surface area contributed by atoms with Gasteiger partial charge in [0.2, 0.25) is 0 Å². The number of hydrogen-bond acceptors (Lipinski definition) is 30. The van der Waals surface area contributed by atoms with Crippen molar-refractivity contribution < 1.29 is 108 Å². The molecular weight excluding hydrogens is 1460 g/mol. The number of rotatable bonds is 30. The lowest BCUT2D eigenvalue weighted by atomic mass is 10.1. The first-order valence-electron chi connectivity index (χ1n) is 46.6. The van der Waals surface area contributed by atoms with E-state index in [0.29, 0.717) is 54.5 Å². The maximum absolute atomic E-state index is 14.6. The summed E-state index contributed by atoms with van der Waals surface area (Å²) in [6.45, 7) is -2.65. The third kappa shape index (κ3) is 17.5. The fourth-order valence-electron chi connectivity index (χ4n) is 12.9. The van der Waals surface area contributed by atoms with E-state index in [9.17, 15) is 54.0 Å². The van der Waals surface area contributed by atoms with Crippen molar-refractivity contribution in [1.29, 1.82) is 0 Å². The van der Waals surface area contributed by atoms with E-state index < -0.39 is 201 Å². The van der Waals surface area contributed by atoms with Crippen molar-refractivity contribution in [2.24, 2.45) is 0 Å². The topological polar surface area (TPSA) is 415 Å². The van der Waals surface area contributed by atoms with Gasteiger partial charge < -0.3 is 76.1 Å². The summed E-state index contributed by atoms with van der Waals surface area (Å²) < 4.78 is 263. The maximum atomic E-state index is 14.6. The van der Waals surface area contributed by atoms with Crippen LogP contribution in [0.25, 0.3) is 33.5 Å². The van der Waals surface area contributed by atoms with Gasteiger partial charge in [-0.05, 0) is 111 Å². The zero-order valence-corrected chi connectivity index (χ0v) is 60.7. The van der Waals surface area contributed by atoms with Crippen molar-refractivity contribution >= 4 is 86.2 Å². The summed E-state index contributed by atoms with van der Waals surface area (Å²) in [7, 11) is 0. The smallest absolute Gasteiger partial charge is 0.191 e. The Hall–Kier alpha value is -7.14. The molecule has 6 aliphatic rings. The van der Waals surface area contributed by atoms with Crippen LogP contribution in [0.4, 0.5) is 30.6 Å². The van der Waals surface area contributed by atoms with Gasteiger partial charge in [0.15, 0.2) is 66.4 Å². The summed E-state index contributed by atoms with van der Waals surface area (Å²) in [5, 5.41) is 126. The zero-order valence-electron chi connectivity index (χ0n) is 83.3. The molecule has 0 amide bonds. The van der Waals surface area contributed by atoms with Gasteiger partial charge >= 0.3 is 0 Å². The Bertz CT molecular complexity index is 5820. The zero-order chi connectivity index (χ0) is 98.4. The molecule has 15 rings (SSSR count). The second-order valence-corrected chi connectivity index (χ2v) is 28.4. The number of hydrogen-bond donors (Lipinski definition) is 12. The molecule has 582 valence electrons. The van der Waals surface area contributed by atoms with Gasteiger partial charge in [0.1, 0.15) is 54.1 Å². The number of aliphatic hydroxyl groups excluding tert-OH is 7. The highest BCUT2D eigenvalue weighted by Gasteiger charge is 2.49. The van der Waals surface area contributed by atoms with E-state index in [2.05, 4.69) is 76.8 Å². The van der Waals surface area contributed by atoms with Crippen molar-refractivity contribution in [2.45, 2.75) is 224 Å². The van der Waals surface area contributed by atoms with E-state index in [1.54, 1.807) is 6.92 Å². The van der Waals surface area contributed by atoms with E-state index in [1.165, 1.54) is 30.1 Å². The predicted octanol–water partition coefficient (Wildman–Crippen LogP) is 6.55. The molecule has 0 aliphatic heterocycles. The van der Waals surface area contributed by atoms with Gasteiger partial charge in [0, 0.05) is 86.0 Å². The monoisotopic (exact) mass is 1580 g/mol. The van der Waals surface area contributed by atoms with Gasteiger partial charge in [-0.2, -0.15) is 0 Å². The molecule has 6 aliphatic carbocycles. The summed E-state index contributed by atoms with van der Waals surface area (Å²) >= 11 is 1.53. The summed E-state index contributed by atoms with van der Waals surface area (Å²) in [5.74, 6) is -3.94. The van der Waals surface area contributed by atoms with Crippen LogP contribution in [0.2, 0.25) is 0 Å². The van der Waals surface area contributed by atoms with Crippen LogP contribution in [-0.4, -0.2) is 251 Å². The van der Waals surface area contributed by atoms with Crippen LogP contribution in [-0.2, 0) is 14.2 Å². The summed E-state index contributed by atoms with van der Waals surface area (Å²) in [6.07, 6.45) is -16.1. The van der Waals surface area contributed by atoms with Crippen LogP contribution in [0.1, 0.15) is 182 Å². The lowest BCUT2D eigenvalue weighted by Gasteiger charge is -2.17. The van der Waals surface area contributed by atoms with Crippen LogP contribution >= 0.6 is 35.3 Å². The molecule has 0 bridgehead atoms. The molecule has 9 aromatic rings. The minimum Gasteiger partial charge on any atom is -0.394 e. The van der Waals surface area contributed by atoms with E-state index in [0.717, 1.165) is 18.5 Å². The molecule has 36 heteroatoms. The number of nitrogens with zero attached hydrogens (tertiary/aromatic N) is 15. The first-order chi connectivity index (χ1) is 61.6. The van der Waals surface area contributed by atoms with Crippen molar-refractivity contribution in [3.8, 4) is 0 Å². The molecule has 0 radical (unpaired) electrons. The van der Waals surface area contributed by atoms with Crippen molar-refractivity contribution in [3.63, 3.8) is 0 Å². The van der Waals surface area contributed by atoms with Crippen molar-refractivity contribution in [3.05, 3.63) is 105 Å². The second kappa shape index (κ2) is 35.1. The number of aliphatic hydroxyl groups is 9. The fraction of sp³-hybridized carbons (Fsp3) is 0.583. The van der Waals surface area contributed by atoms with Gasteiger partial charge in [-0.15, -0.1) is 15.3 Å². The minimum atomic E-state index is -3.41. The van der Waals surface area contributed by atoms with Crippen LogP contribution in [0.3, 0.4) is 0 Å². The summed E-state index contributed by atoms with van der Waals surface area (Å²) in [6, 6.07) is -7.46. The van der Waals surface area contributed by atoms with Crippen molar-refractivity contribution in [1.82, 2.24) is 74.9 Å². The molecule has 30 nitrogen and oxygen atoms in total. The lowest BCUT2D eigenvalue weighted by molar-refractivity contribution is -0.0629. The fourth-order valence-corrected chi connectivity index (χ4v) is 14.3. The standard InChI is InChI=1S/3C24H31FN6O4S/c3*1-3-8-36-24-27-22(26-16-10-14(16)13-5-4-12(2)15(25)9-13)19-23(28-24)31(30-29-19)17-11-18(35-7-6-32)21(34)20(17)33/h3*4-5,9,14,16-18,20-21,32-34H,3,6-8,10-11H2,1-2H3,(H,26,27,28)/t3*14-,16+,17+,18-,20-,21+/m000/s1/i4D,5D,6D2,7D2,8D2,9D;3D2,4D,5D,6D2,8D2,9D;3D2,4D,5D,8D2,9D. The molecule has 3 aromatic carbocycles. The quantitative estimate of drug-likeness (QED) is 0.0168. The Balaban J connectivity index is 0.000000169. The van der Waals surface area contributed by atoms with Crippen LogP contribution in [0.5, 0.6) is 0 Å². The normalized spacial score (nSPS) is 32.0. The molecule has 0 saturated heterocycles. The first kappa shape index (κ1) is 52.9. The molecule has 0 unspecified atom stereocenters. The molecule has 0 spiro atoms. The Morgan fingerprint density at radius 2 is 0.806 bits per heavy atom. The average Bonchev–Trinajstić information content (AvgIpc) is 1.60. The highest BCUT2D eigenvalue weighted by Crippen LogP contribution is 2.48. The Labute approximate surface area is 668 Å². The maximum Gasteiger partial charge on any atom is 0.191 e. The molecule has 108 heavy (non-hydrogen) atoms. The molecule has 6 saturated carbocycles. The molecule has 18 atom stereocenters. The van der Waals surface area contributed by atoms with Gasteiger partial charge in [-0.1, -0.05) is 108 Å². The third-order valence-corrected chi connectivity index (χ3v) is 21.0.